The fourth-order valence-corrected chi connectivity index (χ4v) is 11.9. The van der Waals surface area contributed by atoms with Crippen molar-refractivity contribution in [2.24, 2.45) is 39.9 Å². The second-order valence-electron chi connectivity index (χ2n) is 25.5. The molecule has 0 spiro atoms. The van der Waals surface area contributed by atoms with E-state index >= 15 is 0 Å². The van der Waals surface area contributed by atoms with Crippen molar-refractivity contribution >= 4 is 99.6 Å². The Morgan fingerprint density at radius 3 is 1.90 bits per heavy atom. The number of nitrogens with two attached hydrogens (primary N) is 3. The van der Waals surface area contributed by atoms with Gasteiger partial charge in [-0.1, -0.05) is 98.2 Å². The number of aliphatic imine (C=N–C) groups is 1. The van der Waals surface area contributed by atoms with Gasteiger partial charge in [0.2, 0.25) is 70.9 Å². The van der Waals surface area contributed by atoms with E-state index in [-0.39, 0.29) is 106 Å². The second-order valence-corrected chi connectivity index (χ2v) is 26.6. The van der Waals surface area contributed by atoms with Crippen LogP contribution < -0.4 is 75.7 Å². The van der Waals surface area contributed by atoms with Crippen molar-refractivity contribution in [2.45, 2.75) is 217 Å². The lowest BCUT2D eigenvalue weighted by Crippen LogP contribution is -2.62. The third-order valence-electron chi connectivity index (χ3n) is 17.1. The summed E-state index contributed by atoms with van der Waals surface area (Å²) >= 11 is 1.34. The summed E-state index contributed by atoms with van der Waals surface area (Å²) in [5.41, 5.74) is 18.8. The van der Waals surface area contributed by atoms with E-state index in [1.807, 2.05) is 13.8 Å². The zero-order valence-corrected chi connectivity index (χ0v) is 58.6. The summed E-state index contributed by atoms with van der Waals surface area (Å²) in [6, 6.07) is -8.72. The molecule has 1 aromatic carbocycles. The lowest BCUT2D eigenvalue weighted by molar-refractivity contribution is -0.142. The molecule has 0 unspecified atom stereocenters. The minimum Gasteiger partial charge on any atom is -0.481 e. The average Bonchev–Trinajstić information content (AvgIpc) is 1.43. The van der Waals surface area contributed by atoms with E-state index in [1.54, 1.807) is 65.0 Å². The van der Waals surface area contributed by atoms with Gasteiger partial charge in [-0.3, -0.25) is 72.1 Å². The molecule has 0 aliphatic carbocycles. The predicted molar refractivity (Wildman–Crippen MR) is 369 cm³/mol. The summed E-state index contributed by atoms with van der Waals surface area (Å²) in [7, 11) is 0. The molecular weight excluding hydrogens is 1320 g/mol. The Bertz CT molecular complexity index is 3210. The van der Waals surface area contributed by atoms with Crippen molar-refractivity contribution < 1.29 is 77.3 Å². The smallest absolute Gasteiger partial charge is 0.305 e. The van der Waals surface area contributed by atoms with Gasteiger partial charge in [0.1, 0.15) is 66.5 Å². The van der Waals surface area contributed by atoms with Crippen LogP contribution in [0.5, 0.6) is 0 Å². The number of carboxylic acids is 2. The molecule has 14 atom stereocenters. The number of carboxylic acid groups (broad SMARTS) is 2. The number of nitrogens with one attached hydrogen (secondary N) is 12. The van der Waals surface area contributed by atoms with Gasteiger partial charge in [0, 0.05) is 43.5 Å². The molecule has 0 saturated carbocycles. The predicted octanol–water partition coefficient (Wildman–Crippen LogP) is -1.76. The van der Waals surface area contributed by atoms with Crippen LogP contribution in [0.3, 0.4) is 0 Å². The molecule has 2 aromatic rings. The van der Waals surface area contributed by atoms with Crippen LogP contribution in [0.2, 0.25) is 0 Å². The lowest BCUT2D eigenvalue weighted by atomic mass is 9.96. The van der Waals surface area contributed by atoms with Gasteiger partial charge in [0.15, 0.2) is 0 Å². The van der Waals surface area contributed by atoms with Crippen molar-refractivity contribution in [3.8, 4) is 0 Å². The third-order valence-corrected chi connectivity index (χ3v) is 18.3. The molecule has 552 valence electrons. The summed E-state index contributed by atoms with van der Waals surface area (Å²) < 4.78 is 0. The SMILES string of the molecule is C=C(CC)[C@H](NC(=O)[C@@H](CCC(=O)O)NC(=O)[C@H](CC(C)C)NC(=O)[C@@H]1CSC([C@@H](N)[C@@H](C)CC)=N1)C(=O)N[C@H]1CCCCNC(=O)[C@H](CC(N)=O)NC(=O)[C@@H](CC(=O)O)NC(=O)[C@H](Cc2cnc[nH]2)NC(=O)[C@@H](Cc2ccccc2)NC(=O)[C@H]([C@@H](C)CC)NC(=O)[C@@H](CCCN)NC1=O. The molecule has 2 aliphatic heterocycles. The van der Waals surface area contributed by atoms with E-state index in [9.17, 15) is 77.3 Å². The Balaban J connectivity index is 1.77. The van der Waals surface area contributed by atoms with Gasteiger partial charge in [-0.15, -0.1) is 11.8 Å². The van der Waals surface area contributed by atoms with Gasteiger partial charge >= 0.3 is 11.9 Å². The molecule has 12 amide bonds. The Labute approximate surface area is 585 Å². The van der Waals surface area contributed by atoms with Gasteiger partial charge in [-0.2, -0.15) is 0 Å². The van der Waals surface area contributed by atoms with Gasteiger partial charge < -0.3 is 90.9 Å². The first-order chi connectivity index (χ1) is 47.4. The van der Waals surface area contributed by atoms with Crippen molar-refractivity contribution in [1.29, 1.82) is 0 Å². The maximum Gasteiger partial charge on any atom is 0.305 e. The van der Waals surface area contributed by atoms with E-state index < -0.39 is 187 Å². The van der Waals surface area contributed by atoms with Gasteiger partial charge in [0.25, 0.3) is 0 Å². The quantitative estimate of drug-likeness (QED) is 0.0372. The Hall–Kier alpha value is -9.31. The van der Waals surface area contributed by atoms with Crippen molar-refractivity contribution in [3.05, 3.63) is 66.3 Å². The van der Waals surface area contributed by atoms with E-state index in [0.717, 1.165) is 6.42 Å². The van der Waals surface area contributed by atoms with Crippen LogP contribution in [0.4, 0.5) is 0 Å². The number of H-pyrrole nitrogens is 1. The van der Waals surface area contributed by atoms with Crippen LogP contribution in [0, 0.1) is 17.8 Å². The number of nitrogens with zero attached hydrogens (tertiary/aromatic N) is 2. The number of aromatic amines is 1. The number of carbonyl (C=O) groups is 14. The van der Waals surface area contributed by atoms with Crippen LogP contribution in [0.25, 0.3) is 0 Å². The first-order valence-electron chi connectivity index (χ1n) is 33.8. The fraction of sp³-hybridized carbons (Fsp3) is 0.606. The average molecular weight is 1420 g/mol. The number of aromatic nitrogens is 2. The van der Waals surface area contributed by atoms with Gasteiger partial charge in [0.05, 0.1) is 30.3 Å². The maximum absolute atomic E-state index is 14.9. The van der Waals surface area contributed by atoms with Crippen LogP contribution in [0.1, 0.15) is 143 Å². The Morgan fingerprint density at radius 1 is 0.700 bits per heavy atom. The summed E-state index contributed by atoms with van der Waals surface area (Å²) in [6.07, 6.45) is -0.0266. The minimum absolute atomic E-state index is 0.00311. The van der Waals surface area contributed by atoms with Gasteiger partial charge in [-0.25, -0.2) is 4.98 Å². The monoisotopic (exact) mass is 1420 g/mol. The highest BCUT2D eigenvalue weighted by Gasteiger charge is 2.39. The normalized spacial score (nSPS) is 22.8. The van der Waals surface area contributed by atoms with Crippen LogP contribution in [-0.2, 0) is 80.0 Å². The van der Waals surface area contributed by atoms with E-state index in [1.165, 1.54) is 24.3 Å². The molecular formula is C66H101N17O16S. The topological polar surface area (TPSA) is 531 Å². The van der Waals surface area contributed by atoms with Crippen molar-refractivity contribution in [3.63, 3.8) is 0 Å². The molecule has 0 bridgehead atoms. The Morgan fingerprint density at radius 2 is 1.31 bits per heavy atom. The highest BCUT2D eigenvalue weighted by molar-refractivity contribution is 8.14. The number of rotatable bonds is 31. The zero-order valence-electron chi connectivity index (χ0n) is 57.8. The molecule has 1 aromatic heterocycles. The first-order valence-corrected chi connectivity index (χ1v) is 34.8. The summed E-state index contributed by atoms with van der Waals surface area (Å²) in [5.74, 6) is -15.0. The molecule has 34 heteroatoms. The standard InChI is InChI=1S/C66H101N17O16S/c1-9-35(6)52(69)66-81-48(32-100-66)63(97)76-43(26-34(4)5)59(93)74-42(22-23-50(85)86)58(92)83-53(36(7)10-2)64(98)75-40-20-15-16-25-71-55(89)46(29-49(68)84)78-62(96)47(30-51(87)88)79-61(95)45(28-39-31-70-33-72-39)77-60(94)44(27-38-18-13-12-14-19-38)80-65(99)54(37(8)11-3)82-57(91)41(21-17-24-67)73-56(40)90/h12-14,18-19,31,33-35,37,40-48,52-54H,7,9-11,15-17,20-30,32,67,69H2,1-6,8H3,(H2,68,84)(H,70,72)(H,71,89)(H,73,90)(H,74,93)(H,75,98)(H,76,97)(H,77,94)(H,78,96)(H,79,95)(H,80,99)(H,82,91)(H,83,92)(H,85,86)(H,87,88)/t35-,37-,40-,41+,42+,43-,44+,45-,46-,47+,48-,52-,53-,54-/m0/s1. The number of amides is 12. The minimum atomic E-state index is -1.95. The number of carbonyl (C=O) groups excluding carboxylic acids is 12. The zero-order chi connectivity index (χ0) is 74.3. The molecule has 3 heterocycles. The summed E-state index contributed by atoms with van der Waals surface area (Å²) in [4.78, 5) is 206. The number of hydrogen-bond donors (Lipinski definition) is 17. The molecule has 0 radical (unpaired) electrons. The molecule has 1 saturated heterocycles. The van der Waals surface area contributed by atoms with E-state index in [0.29, 0.717) is 10.6 Å². The highest BCUT2D eigenvalue weighted by Crippen LogP contribution is 2.25. The molecule has 33 nitrogen and oxygen atoms in total. The van der Waals surface area contributed by atoms with Crippen molar-refractivity contribution in [2.75, 3.05) is 18.8 Å². The molecule has 4 rings (SSSR count). The first kappa shape index (κ1) is 83.1. The summed E-state index contributed by atoms with van der Waals surface area (Å²) in [5, 5.41) is 48.8. The van der Waals surface area contributed by atoms with Crippen LogP contribution in [-0.4, -0.2) is 199 Å². The Kier molecular flexibility index (Phi) is 34.9. The molecule has 1 fully saturated rings. The second kappa shape index (κ2) is 41.9. The molecule has 20 N–H and O–H groups in total. The molecule has 2 aliphatic rings. The fourth-order valence-electron chi connectivity index (χ4n) is 10.7. The van der Waals surface area contributed by atoms with Gasteiger partial charge in [-0.05, 0) is 86.8 Å². The largest absolute Gasteiger partial charge is 0.481 e. The third kappa shape index (κ3) is 27.4. The lowest BCUT2D eigenvalue weighted by Gasteiger charge is -2.30. The number of aliphatic carboxylic acids is 2. The number of imidazole rings is 1. The van der Waals surface area contributed by atoms with E-state index in [4.69, 9.17) is 17.2 Å². The van der Waals surface area contributed by atoms with Crippen LogP contribution >= 0.6 is 11.8 Å². The van der Waals surface area contributed by atoms with Crippen molar-refractivity contribution in [1.82, 2.24) is 68.5 Å². The number of primary amides is 1. The number of hydrogen-bond acceptors (Lipinski definition) is 19. The van der Waals surface area contributed by atoms with Crippen LogP contribution in [0.15, 0.2) is 60.0 Å². The highest BCUT2D eigenvalue weighted by atomic mass is 32.2. The molecule has 100 heavy (non-hydrogen) atoms. The number of thioether (sulfide) groups is 1. The maximum atomic E-state index is 14.9. The van der Waals surface area contributed by atoms with E-state index in [2.05, 4.69) is 80.0 Å². The number of benzene rings is 1. The summed E-state index contributed by atoms with van der Waals surface area (Å²) in [6.45, 7) is 16.3.